The Labute approximate surface area is 187 Å². The van der Waals surface area contributed by atoms with Gasteiger partial charge in [0.1, 0.15) is 67.1 Å². The van der Waals surface area contributed by atoms with Crippen LogP contribution < -0.4 is 0 Å². The predicted molar refractivity (Wildman–Crippen MR) is 99.8 cm³/mol. The van der Waals surface area contributed by atoms with E-state index < -0.39 is 105 Å². The minimum Gasteiger partial charge on any atom is -0.394 e. The monoisotopic (exact) mass is 488 g/mol. The highest BCUT2D eigenvalue weighted by Crippen LogP contribution is 2.32. The molecular formula is C18H32O15. The number of aliphatic hydroxyl groups excluding tert-OH is 10. The van der Waals surface area contributed by atoms with Gasteiger partial charge in [-0.15, -0.1) is 0 Å². The number of rotatable bonds is 6. The van der Waals surface area contributed by atoms with Gasteiger partial charge in [0.05, 0.1) is 19.3 Å². The number of hydrogen-bond donors (Lipinski definition) is 10. The molecule has 194 valence electrons. The smallest absolute Gasteiger partial charge is 0.187 e. The minimum absolute atomic E-state index is 0.747. The van der Waals surface area contributed by atoms with Crippen LogP contribution in [0.15, 0.2) is 0 Å². The van der Waals surface area contributed by atoms with Crippen molar-refractivity contribution in [3.8, 4) is 0 Å². The molecule has 3 fully saturated rings. The van der Waals surface area contributed by atoms with Crippen LogP contribution in [0.1, 0.15) is 6.92 Å². The summed E-state index contributed by atoms with van der Waals surface area (Å²) in [5.74, 6) is 0. The molecule has 0 aliphatic carbocycles. The largest absolute Gasteiger partial charge is 0.394 e. The molecule has 0 saturated carbocycles. The van der Waals surface area contributed by atoms with Crippen molar-refractivity contribution in [2.75, 3.05) is 13.2 Å². The molecule has 3 heterocycles. The van der Waals surface area contributed by atoms with Gasteiger partial charge >= 0.3 is 0 Å². The molecule has 1 unspecified atom stereocenters. The van der Waals surface area contributed by atoms with E-state index in [9.17, 15) is 51.1 Å². The zero-order valence-corrected chi connectivity index (χ0v) is 17.6. The van der Waals surface area contributed by atoms with Crippen molar-refractivity contribution in [1.29, 1.82) is 0 Å². The molecule has 15 heteroatoms. The second-order valence-corrected chi connectivity index (χ2v) is 8.32. The maximum absolute atomic E-state index is 10.5. The summed E-state index contributed by atoms with van der Waals surface area (Å²) in [6.07, 6.45) is -24.1. The Bertz CT molecular complexity index is 624. The summed E-state index contributed by atoms with van der Waals surface area (Å²) in [7, 11) is 0. The highest BCUT2D eigenvalue weighted by molar-refractivity contribution is 4.96. The van der Waals surface area contributed by atoms with Crippen LogP contribution in [0, 0.1) is 0 Å². The Kier molecular flexibility index (Phi) is 8.99. The lowest BCUT2D eigenvalue weighted by molar-refractivity contribution is -0.382. The first-order valence-electron chi connectivity index (χ1n) is 10.4. The van der Waals surface area contributed by atoms with Gasteiger partial charge in [0.15, 0.2) is 18.9 Å². The van der Waals surface area contributed by atoms with Crippen LogP contribution in [0.3, 0.4) is 0 Å². The number of aliphatic hydroxyl groups is 10. The molecular weight excluding hydrogens is 456 g/mol. The third-order valence-corrected chi connectivity index (χ3v) is 6.05. The zero-order valence-electron chi connectivity index (χ0n) is 17.6. The standard InChI is InChI=1S/C18H32O15/c1-4-7(21)9(23)11(25)17(29-4)32-14-6(3-20)30-16(28)13(27)15(14)33-18-12(26)10(24)8(22)5(2-19)31-18/h4-28H,2-3H2,1H3/t4-,5+,6+,7+,8+,9+,10-,11-,12+,13+,14-,15+,16?,17-,18-/m0/s1. The highest BCUT2D eigenvalue weighted by Gasteiger charge is 2.53. The van der Waals surface area contributed by atoms with Crippen molar-refractivity contribution in [3.63, 3.8) is 0 Å². The van der Waals surface area contributed by atoms with E-state index in [1.165, 1.54) is 6.92 Å². The second-order valence-electron chi connectivity index (χ2n) is 8.32. The zero-order chi connectivity index (χ0) is 24.6. The van der Waals surface area contributed by atoms with E-state index in [1.807, 2.05) is 0 Å². The first-order chi connectivity index (χ1) is 15.5. The third kappa shape index (κ3) is 5.32. The Morgan fingerprint density at radius 3 is 1.64 bits per heavy atom. The fourth-order valence-corrected chi connectivity index (χ4v) is 3.99. The lowest BCUT2D eigenvalue weighted by Crippen LogP contribution is -2.66. The average molecular weight is 488 g/mol. The first kappa shape index (κ1) is 27.0. The highest BCUT2D eigenvalue weighted by atomic mass is 16.8. The molecule has 0 amide bonds. The molecule has 0 aromatic rings. The van der Waals surface area contributed by atoms with Gasteiger partial charge in [-0.2, -0.15) is 0 Å². The number of hydrogen-bond acceptors (Lipinski definition) is 15. The van der Waals surface area contributed by atoms with Crippen LogP contribution in [0.4, 0.5) is 0 Å². The predicted octanol–water partition coefficient (Wildman–Crippen LogP) is -6.55. The van der Waals surface area contributed by atoms with Gasteiger partial charge < -0.3 is 74.7 Å². The molecule has 10 N–H and O–H groups in total. The quantitative estimate of drug-likeness (QED) is 0.167. The van der Waals surface area contributed by atoms with Crippen LogP contribution in [0.25, 0.3) is 0 Å². The Morgan fingerprint density at radius 2 is 1.06 bits per heavy atom. The van der Waals surface area contributed by atoms with E-state index in [2.05, 4.69) is 0 Å². The van der Waals surface area contributed by atoms with Gasteiger partial charge in [0.25, 0.3) is 0 Å². The van der Waals surface area contributed by atoms with Crippen molar-refractivity contribution in [1.82, 2.24) is 0 Å². The second kappa shape index (κ2) is 11.0. The van der Waals surface area contributed by atoms with Crippen molar-refractivity contribution in [2.45, 2.75) is 99.0 Å². The molecule has 3 aliphatic heterocycles. The Balaban J connectivity index is 1.83. The molecule has 3 aliphatic rings. The van der Waals surface area contributed by atoms with Gasteiger partial charge in [-0.3, -0.25) is 0 Å². The molecule has 33 heavy (non-hydrogen) atoms. The van der Waals surface area contributed by atoms with Gasteiger partial charge in [0.2, 0.25) is 0 Å². The summed E-state index contributed by atoms with van der Waals surface area (Å²) in [5, 5.41) is 99.8. The molecule has 0 radical (unpaired) electrons. The molecule has 3 rings (SSSR count). The molecule has 15 atom stereocenters. The van der Waals surface area contributed by atoms with E-state index in [-0.39, 0.29) is 0 Å². The van der Waals surface area contributed by atoms with Gasteiger partial charge in [0, 0.05) is 0 Å². The molecule has 0 aromatic carbocycles. The topological polar surface area (TPSA) is 248 Å². The minimum atomic E-state index is -1.89. The summed E-state index contributed by atoms with van der Waals surface area (Å²) in [5.41, 5.74) is 0. The molecule has 0 spiro atoms. The van der Waals surface area contributed by atoms with Crippen LogP contribution in [-0.2, 0) is 23.7 Å². The summed E-state index contributed by atoms with van der Waals surface area (Å²) < 4.78 is 26.9. The van der Waals surface area contributed by atoms with Crippen molar-refractivity contribution >= 4 is 0 Å². The van der Waals surface area contributed by atoms with Crippen LogP contribution >= 0.6 is 0 Å². The lowest BCUT2D eigenvalue weighted by atomic mass is 9.96. The van der Waals surface area contributed by atoms with Crippen molar-refractivity contribution in [3.05, 3.63) is 0 Å². The molecule has 0 bridgehead atoms. The molecule has 15 nitrogen and oxygen atoms in total. The lowest BCUT2D eigenvalue weighted by Gasteiger charge is -2.48. The van der Waals surface area contributed by atoms with Crippen LogP contribution in [-0.4, -0.2) is 156 Å². The Morgan fingerprint density at radius 1 is 0.545 bits per heavy atom. The molecule has 3 saturated heterocycles. The van der Waals surface area contributed by atoms with Crippen molar-refractivity contribution < 1.29 is 74.7 Å². The first-order valence-corrected chi connectivity index (χ1v) is 10.4. The maximum Gasteiger partial charge on any atom is 0.187 e. The SMILES string of the molecule is C[C@@H]1O[C@@H](O[C@@H]2[C@H](O[C@@H]3O[C@H](CO)[C@@H](O)[C@H](O)[C@H]3O)[C@@H](O)C(O)O[C@@H]2CO)[C@@H](O)[C@H](O)[C@@H]1O. The van der Waals surface area contributed by atoms with E-state index in [1.54, 1.807) is 0 Å². The van der Waals surface area contributed by atoms with E-state index >= 15 is 0 Å². The van der Waals surface area contributed by atoms with Crippen LogP contribution in [0.2, 0.25) is 0 Å². The number of ether oxygens (including phenoxy) is 5. The van der Waals surface area contributed by atoms with Gasteiger partial charge in [-0.25, -0.2) is 0 Å². The van der Waals surface area contributed by atoms with Gasteiger partial charge in [-0.05, 0) is 6.92 Å². The van der Waals surface area contributed by atoms with E-state index in [0.717, 1.165) is 0 Å². The summed E-state index contributed by atoms with van der Waals surface area (Å²) in [6, 6.07) is 0. The maximum atomic E-state index is 10.5. The third-order valence-electron chi connectivity index (χ3n) is 6.05. The average Bonchev–Trinajstić information content (AvgIpc) is 2.80. The van der Waals surface area contributed by atoms with Crippen LogP contribution in [0.5, 0.6) is 0 Å². The fourth-order valence-electron chi connectivity index (χ4n) is 3.99. The van der Waals surface area contributed by atoms with Gasteiger partial charge in [-0.1, -0.05) is 0 Å². The summed E-state index contributed by atoms with van der Waals surface area (Å²) in [6.45, 7) is -0.118. The van der Waals surface area contributed by atoms with E-state index in [4.69, 9.17) is 23.7 Å². The molecule has 0 aromatic heterocycles. The normalized spacial score (nSPS) is 53.7. The fraction of sp³-hybridized carbons (Fsp3) is 1.00. The Hall–Kier alpha value is -0.600. The summed E-state index contributed by atoms with van der Waals surface area (Å²) >= 11 is 0. The summed E-state index contributed by atoms with van der Waals surface area (Å²) in [4.78, 5) is 0. The van der Waals surface area contributed by atoms with Crippen molar-refractivity contribution in [2.24, 2.45) is 0 Å². The van der Waals surface area contributed by atoms with E-state index in [0.29, 0.717) is 0 Å².